The molecule has 0 atom stereocenters. The van der Waals surface area contributed by atoms with Crippen molar-refractivity contribution < 1.29 is 22.8 Å². The molecule has 0 fully saturated rings. The molecule has 3 aromatic rings. The van der Waals surface area contributed by atoms with Gasteiger partial charge in [0.05, 0.1) is 16.5 Å². The second-order valence-corrected chi connectivity index (χ2v) is 8.29. The number of nitrogens with one attached hydrogen (secondary N) is 3. The average molecular weight is 438 g/mol. The fraction of sp³-hybridized carbons (Fsp3) is 0.118. The summed E-state index contributed by atoms with van der Waals surface area (Å²) in [5.41, 5.74) is 6.29. The topological polar surface area (TPSA) is 146 Å². The van der Waals surface area contributed by atoms with Gasteiger partial charge in [-0.3, -0.25) is 0 Å². The lowest BCUT2D eigenvalue weighted by Gasteiger charge is -2.09. The number of carbonyl (C=O) groups excluding carboxylic acids is 1. The minimum absolute atomic E-state index is 0.0218. The Morgan fingerprint density at radius 2 is 1.93 bits per heavy atom. The first-order chi connectivity index (χ1) is 13.7. The lowest BCUT2D eigenvalue weighted by Crippen LogP contribution is -2.33. The van der Waals surface area contributed by atoms with Crippen LogP contribution in [0.2, 0.25) is 5.02 Å². The molecule has 2 amide bonds. The summed E-state index contributed by atoms with van der Waals surface area (Å²) >= 11 is 6.00. The predicted octanol–water partition coefficient (Wildman–Crippen LogP) is 2.86. The van der Waals surface area contributed by atoms with Crippen LogP contribution in [-0.2, 0) is 15.6 Å². The number of amides is 2. The predicted molar refractivity (Wildman–Crippen MR) is 105 cm³/mol. The van der Waals surface area contributed by atoms with E-state index < -0.39 is 21.0 Å². The van der Waals surface area contributed by atoms with Crippen LogP contribution in [0.15, 0.2) is 52.1 Å². The van der Waals surface area contributed by atoms with E-state index >= 15 is 0 Å². The molecule has 12 heteroatoms. The summed E-state index contributed by atoms with van der Waals surface area (Å²) in [6.07, 6.45) is 0. The van der Waals surface area contributed by atoms with Crippen LogP contribution < -0.4 is 16.2 Å². The highest BCUT2D eigenvalue weighted by atomic mass is 35.5. The Bertz CT molecular complexity index is 1130. The maximum absolute atomic E-state index is 12.4. The van der Waals surface area contributed by atoms with Gasteiger partial charge in [0.2, 0.25) is 9.84 Å². The number of aromatic nitrogens is 2. The number of carbonyl (C=O) groups is 1. The minimum atomic E-state index is -3.89. The first kappa shape index (κ1) is 20.4. The molecule has 0 aliphatic carbocycles. The van der Waals surface area contributed by atoms with E-state index in [0.29, 0.717) is 16.3 Å². The molecule has 0 unspecified atom stereocenters. The van der Waals surface area contributed by atoms with Gasteiger partial charge in [0.25, 0.3) is 5.16 Å². The summed E-state index contributed by atoms with van der Waals surface area (Å²) in [5.74, 6) is -0.361. The van der Waals surface area contributed by atoms with Crippen molar-refractivity contribution in [3.8, 4) is 5.75 Å². The number of nitrogens with zero attached hydrogens (tertiary/aromatic N) is 2. The molecule has 0 aliphatic rings. The van der Waals surface area contributed by atoms with Gasteiger partial charge in [-0.25, -0.2) is 24.1 Å². The molecule has 0 aliphatic heterocycles. The summed E-state index contributed by atoms with van der Waals surface area (Å²) in [4.78, 5) is 15.7. The molecule has 10 nitrogen and oxygen atoms in total. The van der Waals surface area contributed by atoms with Gasteiger partial charge < -0.3 is 14.9 Å². The van der Waals surface area contributed by atoms with Gasteiger partial charge in [-0.1, -0.05) is 29.8 Å². The number of rotatable bonds is 6. The highest BCUT2D eigenvalue weighted by molar-refractivity contribution is 7.90. The molecular formula is C17H16ClN5O5S. The average Bonchev–Trinajstić information content (AvgIpc) is 3.15. The van der Waals surface area contributed by atoms with Crippen LogP contribution in [0.25, 0.3) is 0 Å². The second kappa shape index (κ2) is 8.37. The van der Waals surface area contributed by atoms with Crippen LogP contribution in [0.3, 0.4) is 0 Å². The lowest BCUT2D eigenvalue weighted by atomic mass is 10.2. The highest BCUT2D eigenvalue weighted by Gasteiger charge is 2.23. The summed E-state index contributed by atoms with van der Waals surface area (Å²) in [6, 6.07) is 9.80. The Kier molecular flexibility index (Phi) is 5.89. The number of hydrogen-bond acceptors (Lipinski definition) is 8. The van der Waals surface area contributed by atoms with Gasteiger partial charge in [-0.15, -0.1) is 0 Å². The Hall–Kier alpha value is -3.31. The van der Waals surface area contributed by atoms with Crippen molar-refractivity contribution in [3.63, 3.8) is 0 Å². The monoisotopic (exact) mass is 437 g/mol. The number of sulfone groups is 1. The fourth-order valence-corrected chi connectivity index (χ4v) is 3.56. The molecule has 152 valence electrons. The van der Waals surface area contributed by atoms with E-state index in [1.807, 2.05) is 6.92 Å². The van der Waals surface area contributed by atoms with Crippen LogP contribution >= 0.6 is 11.6 Å². The van der Waals surface area contributed by atoms with E-state index in [9.17, 15) is 18.3 Å². The van der Waals surface area contributed by atoms with E-state index in [0.717, 1.165) is 5.56 Å². The van der Waals surface area contributed by atoms with Crippen molar-refractivity contribution in [1.82, 2.24) is 15.6 Å². The third-order valence-corrected chi connectivity index (χ3v) is 5.40. The molecule has 0 saturated heterocycles. The normalized spacial score (nSPS) is 11.1. The Labute approximate surface area is 170 Å². The Morgan fingerprint density at radius 1 is 1.21 bits per heavy atom. The first-order valence-electron chi connectivity index (χ1n) is 8.16. The number of urea groups is 1. The van der Waals surface area contributed by atoms with Crippen LogP contribution in [0.4, 0.5) is 16.5 Å². The first-order valence-corrected chi connectivity index (χ1v) is 10.2. The number of hydrogen-bond donors (Lipinski definition) is 4. The summed E-state index contributed by atoms with van der Waals surface area (Å²) in [5, 5.41) is 15.0. The Balaban J connectivity index is 1.60. The maximum Gasteiger partial charge on any atom is 0.341 e. The number of anilines is 2. The van der Waals surface area contributed by atoms with Crippen LogP contribution in [0, 0.1) is 6.92 Å². The summed E-state index contributed by atoms with van der Waals surface area (Å²) in [6.45, 7) is 1.84. The van der Waals surface area contributed by atoms with Crippen molar-refractivity contribution in [2.24, 2.45) is 0 Å². The summed E-state index contributed by atoms with van der Waals surface area (Å²) < 4.78 is 29.5. The van der Waals surface area contributed by atoms with E-state index in [1.165, 1.54) is 24.3 Å². The number of phenols is 1. The molecule has 1 aromatic heterocycles. The Morgan fingerprint density at radius 3 is 2.66 bits per heavy atom. The van der Waals surface area contributed by atoms with Gasteiger partial charge in [-0.2, -0.15) is 4.98 Å². The van der Waals surface area contributed by atoms with Crippen molar-refractivity contribution in [3.05, 3.63) is 58.6 Å². The highest BCUT2D eigenvalue weighted by Crippen LogP contribution is 2.22. The van der Waals surface area contributed by atoms with Gasteiger partial charge in [-0.05, 0) is 47.5 Å². The number of benzene rings is 2. The van der Waals surface area contributed by atoms with E-state index in [2.05, 4.69) is 26.3 Å². The van der Waals surface area contributed by atoms with Crippen LogP contribution in [0.1, 0.15) is 11.1 Å². The zero-order valence-electron chi connectivity index (χ0n) is 15.0. The molecule has 0 radical (unpaired) electrons. The number of phenolic OH excluding ortho intramolecular Hbond substituents is 1. The van der Waals surface area contributed by atoms with Crippen molar-refractivity contribution >= 4 is 39.2 Å². The molecule has 29 heavy (non-hydrogen) atoms. The van der Waals surface area contributed by atoms with Gasteiger partial charge in [0.1, 0.15) is 5.75 Å². The largest absolute Gasteiger partial charge is 0.508 e. The molecule has 0 spiro atoms. The van der Waals surface area contributed by atoms with Crippen LogP contribution in [-0.4, -0.2) is 29.7 Å². The minimum Gasteiger partial charge on any atom is -0.508 e. The molecule has 0 saturated carbocycles. The number of aromatic hydroxyl groups is 1. The maximum atomic E-state index is 12.4. The molecule has 4 N–H and O–H groups in total. The molecule has 0 bridgehead atoms. The molecular weight excluding hydrogens is 422 g/mol. The van der Waals surface area contributed by atoms with Gasteiger partial charge in [0.15, 0.2) is 0 Å². The third kappa shape index (κ3) is 5.36. The standard InChI is InChI=1S/C17H16ClN5O5S/c1-10-2-7-13(18)14(8-10)19-15(25)21-22-16-20-17(23-28-16)29(26,27)9-11-3-5-12(24)6-4-11/h2-8,24H,9H2,1H3,(H2,19,21,25)(H,20,22,23). The third-order valence-electron chi connectivity index (χ3n) is 3.63. The quantitative estimate of drug-likeness (QED) is 0.430. The summed E-state index contributed by atoms with van der Waals surface area (Å²) in [7, 11) is -3.89. The van der Waals surface area contributed by atoms with Crippen molar-refractivity contribution in [2.45, 2.75) is 17.8 Å². The smallest absolute Gasteiger partial charge is 0.341 e. The number of hydrazine groups is 1. The van der Waals surface area contributed by atoms with Crippen LogP contribution in [0.5, 0.6) is 5.75 Å². The number of halogens is 1. The van der Waals surface area contributed by atoms with Crippen molar-refractivity contribution in [1.29, 1.82) is 0 Å². The van der Waals surface area contributed by atoms with Gasteiger partial charge in [0, 0.05) is 0 Å². The SMILES string of the molecule is Cc1ccc(Cl)c(NC(=O)NNc2nc(S(=O)(=O)Cc3ccc(O)cc3)no2)c1. The second-order valence-electron chi connectivity index (χ2n) is 6.00. The van der Waals surface area contributed by atoms with Gasteiger partial charge >= 0.3 is 12.0 Å². The molecule has 3 rings (SSSR count). The van der Waals surface area contributed by atoms with Crippen molar-refractivity contribution in [2.75, 3.05) is 10.7 Å². The van der Waals surface area contributed by atoms with E-state index in [-0.39, 0.29) is 17.5 Å². The number of aryl methyl sites for hydroxylation is 1. The van der Waals surface area contributed by atoms with E-state index in [4.69, 9.17) is 16.1 Å². The fourth-order valence-electron chi connectivity index (χ4n) is 2.26. The molecule has 1 heterocycles. The zero-order valence-corrected chi connectivity index (χ0v) is 16.6. The zero-order chi connectivity index (χ0) is 21.0. The molecule has 2 aromatic carbocycles. The lowest BCUT2D eigenvalue weighted by molar-refractivity contribution is 0.253. The van der Waals surface area contributed by atoms with E-state index in [1.54, 1.807) is 18.2 Å².